The summed E-state index contributed by atoms with van der Waals surface area (Å²) in [5.74, 6) is 1.63. The van der Waals surface area contributed by atoms with E-state index in [-0.39, 0.29) is 6.01 Å². The average molecular weight is 474 g/mol. The normalized spacial score (nSPS) is 13.9. The molecule has 2 aromatic carbocycles. The highest BCUT2D eigenvalue weighted by molar-refractivity contribution is 5.99. The van der Waals surface area contributed by atoms with Gasteiger partial charge in [0.2, 0.25) is 5.95 Å². The van der Waals surface area contributed by atoms with Gasteiger partial charge < -0.3 is 24.1 Å². The van der Waals surface area contributed by atoms with Crippen molar-refractivity contribution < 1.29 is 14.2 Å². The van der Waals surface area contributed by atoms with Crippen molar-refractivity contribution in [1.82, 2.24) is 19.9 Å². The van der Waals surface area contributed by atoms with Crippen LogP contribution in [0.1, 0.15) is 11.1 Å². The van der Waals surface area contributed by atoms with E-state index in [1.54, 1.807) is 13.3 Å². The van der Waals surface area contributed by atoms with E-state index in [0.29, 0.717) is 44.8 Å². The maximum absolute atomic E-state index is 5.89. The van der Waals surface area contributed by atoms with Crippen molar-refractivity contribution in [3.63, 3.8) is 0 Å². The van der Waals surface area contributed by atoms with Crippen LogP contribution in [0.2, 0.25) is 0 Å². The minimum Gasteiger partial charge on any atom is -0.497 e. The quantitative estimate of drug-likeness (QED) is 0.282. The fourth-order valence-electron chi connectivity index (χ4n) is 3.78. The number of hydrogen-bond donors (Lipinski definition) is 2. The topological polar surface area (TPSA) is 110 Å². The number of ether oxygens (including phenoxy) is 3. The first-order chi connectivity index (χ1) is 17.3. The monoisotopic (exact) mass is 473 g/mol. The molecule has 0 aliphatic carbocycles. The molecule has 4 aromatic rings. The Balaban J connectivity index is 1.32. The number of hydrogen-bond acceptors (Lipinski definition) is 9. The molecular weight excluding hydrogens is 446 g/mol. The maximum Gasteiger partial charge on any atom is 0.323 e. The number of aromatic nitrogens is 4. The minimum absolute atomic E-state index is 0.256. The van der Waals surface area contributed by atoms with Crippen molar-refractivity contribution in [3.8, 4) is 11.8 Å². The first kappa shape index (κ1) is 22.6. The van der Waals surface area contributed by atoms with E-state index in [2.05, 4.69) is 47.5 Å². The zero-order chi connectivity index (χ0) is 23.9. The van der Waals surface area contributed by atoms with E-state index in [0.717, 1.165) is 28.6 Å². The lowest BCUT2D eigenvalue weighted by atomic mass is 10.2. The second-order valence-electron chi connectivity index (χ2n) is 7.95. The highest BCUT2D eigenvalue weighted by Gasteiger charge is 2.17. The van der Waals surface area contributed by atoms with E-state index < -0.39 is 0 Å². The standard InChI is InChI=1S/C25H27N7O3/c1-33-20-7-8-22-21(15-20)19(16-26-22)17-27-31-23-28-24(32-10-13-34-14-11-32)30-25(29-23)35-12-9-18-5-3-2-4-6-18/h2-8,15-17,26H,9-14H2,1H3,(H,28,29,30,31)/b27-17+. The smallest absolute Gasteiger partial charge is 0.323 e. The van der Waals surface area contributed by atoms with Crippen LogP contribution in [0, 0.1) is 0 Å². The molecule has 0 amide bonds. The number of methoxy groups -OCH3 is 1. The highest BCUT2D eigenvalue weighted by Crippen LogP contribution is 2.23. The van der Waals surface area contributed by atoms with Crippen molar-refractivity contribution in [2.24, 2.45) is 5.10 Å². The molecule has 1 aliphatic rings. The molecule has 0 atom stereocenters. The van der Waals surface area contributed by atoms with Crippen LogP contribution >= 0.6 is 0 Å². The number of morpholine rings is 1. The Hall–Kier alpha value is -4.18. The zero-order valence-corrected chi connectivity index (χ0v) is 19.5. The van der Waals surface area contributed by atoms with Gasteiger partial charge in [0.15, 0.2) is 0 Å². The number of benzene rings is 2. The zero-order valence-electron chi connectivity index (χ0n) is 19.5. The van der Waals surface area contributed by atoms with Crippen LogP contribution < -0.4 is 19.8 Å². The third-order valence-corrected chi connectivity index (χ3v) is 5.65. The first-order valence-electron chi connectivity index (χ1n) is 11.5. The molecule has 10 nitrogen and oxygen atoms in total. The van der Waals surface area contributed by atoms with Gasteiger partial charge in [-0.25, -0.2) is 5.43 Å². The van der Waals surface area contributed by atoms with Gasteiger partial charge >= 0.3 is 6.01 Å². The number of H-pyrrole nitrogens is 1. The summed E-state index contributed by atoms with van der Waals surface area (Å²) < 4.78 is 16.7. The third kappa shape index (κ3) is 5.67. The van der Waals surface area contributed by atoms with Gasteiger partial charge in [0, 0.05) is 42.2 Å². The molecule has 0 radical (unpaired) electrons. The van der Waals surface area contributed by atoms with Crippen molar-refractivity contribution in [2.45, 2.75) is 6.42 Å². The summed E-state index contributed by atoms with van der Waals surface area (Å²) in [6.45, 7) is 3.11. The molecule has 0 saturated carbocycles. The second kappa shape index (κ2) is 10.8. The molecule has 10 heteroatoms. The Labute approximate surface area is 203 Å². The van der Waals surface area contributed by atoms with Crippen LogP contribution in [0.15, 0.2) is 59.8 Å². The SMILES string of the molecule is COc1ccc2[nH]cc(/C=N/Nc3nc(OCCc4ccccc4)nc(N4CCOCC4)n3)c2c1. The van der Waals surface area contributed by atoms with E-state index in [9.17, 15) is 0 Å². The molecule has 180 valence electrons. The van der Waals surface area contributed by atoms with Crippen molar-refractivity contribution >= 4 is 29.0 Å². The number of rotatable bonds is 9. The Morgan fingerprint density at radius 3 is 2.80 bits per heavy atom. The predicted molar refractivity (Wildman–Crippen MR) is 135 cm³/mol. The summed E-state index contributed by atoms with van der Waals surface area (Å²) in [5.41, 5.74) is 6.02. The number of fused-ring (bicyclic) bond motifs is 1. The molecule has 0 bridgehead atoms. The van der Waals surface area contributed by atoms with Gasteiger partial charge in [-0.15, -0.1) is 0 Å². The van der Waals surface area contributed by atoms with E-state index in [1.165, 1.54) is 5.56 Å². The van der Waals surface area contributed by atoms with Crippen LogP contribution in [-0.2, 0) is 11.2 Å². The van der Waals surface area contributed by atoms with Gasteiger partial charge in [-0.05, 0) is 23.8 Å². The molecule has 0 unspecified atom stereocenters. The van der Waals surface area contributed by atoms with Crippen LogP contribution in [0.4, 0.5) is 11.9 Å². The number of hydrazone groups is 1. The van der Waals surface area contributed by atoms with Gasteiger partial charge in [0.1, 0.15) is 5.75 Å². The fourth-order valence-corrected chi connectivity index (χ4v) is 3.78. The fraction of sp³-hybridized carbons (Fsp3) is 0.280. The molecule has 0 spiro atoms. The number of nitrogens with one attached hydrogen (secondary N) is 2. The number of nitrogens with zero attached hydrogens (tertiary/aromatic N) is 5. The Morgan fingerprint density at radius 1 is 1.11 bits per heavy atom. The van der Waals surface area contributed by atoms with Gasteiger partial charge in [-0.2, -0.15) is 20.1 Å². The maximum atomic E-state index is 5.89. The van der Waals surface area contributed by atoms with E-state index >= 15 is 0 Å². The summed E-state index contributed by atoms with van der Waals surface area (Å²) in [6.07, 6.45) is 4.36. The van der Waals surface area contributed by atoms with Crippen molar-refractivity contribution in [3.05, 3.63) is 65.9 Å². The summed E-state index contributed by atoms with van der Waals surface area (Å²) >= 11 is 0. The lowest BCUT2D eigenvalue weighted by Crippen LogP contribution is -2.37. The predicted octanol–water partition coefficient (Wildman–Crippen LogP) is 3.27. The van der Waals surface area contributed by atoms with Crippen LogP contribution in [0.5, 0.6) is 11.8 Å². The van der Waals surface area contributed by atoms with Gasteiger partial charge in [-0.1, -0.05) is 30.3 Å². The Kier molecular flexibility index (Phi) is 7.00. The van der Waals surface area contributed by atoms with Crippen LogP contribution in [0.25, 0.3) is 10.9 Å². The van der Waals surface area contributed by atoms with Gasteiger partial charge in [0.25, 0.3) is 5.95 Å². The molecule has 1 aliphatic heterocycles. The number of anilines is 2. The molecule has 2 aromatic heterocycles. The van der Waals surface area contributed by atoms with Crippen molar-refractivity contribution in [1.29, 1.82) is 0 Å². The molecule has 5 rings (SSSR count). The van der Waals surface area contributed by atoms with Crippen LogP contribution in [0.3, 0.4) is 0 Å². The lowest BCUT2D eigenvalue weighted by Gasteiger charge is -2.26. The average Bonchev–Trinajstić information content (AvgIpc) is 3.32. The minimum atomic E-state index is 0.256. The highest BCUT2D eigenvalue weighted by atomic mass is 16.5. The first-order valence-corrected chi connectivity index (χ1v) is 11.5. The molecule has 3 heterocycles. The Bertz CT molecular complexity index is 1290. The van der Waals surface area contributed by atoms with E-state index in [1.807, 2.05) is 42.6 Å². The third-order valence-electron chi connectivity index (χ3n) is 5.65. The Morgan fingerprint density at radius 2 is 1.97 bits per heavy atom. The summed E-state index contributed by atoms with van der Waals surface area (Å²) in [5, 5.41) is 5.36. The molecule has 2 N–H and O–H groups in total. The lowest BCUT2D eigenvalue weighted by molar-refractivity contribution is 0.122. The second-order valence-corrected chi connectivity index (χ2v) is 7.95. The summed E-state index contributed by atoms with van der Waals surface area (Å²) in [7, 11) is 1.65. The molecule has 1 saturated heterocycles. The molecule has 35 heavy (non-hydrogen) atoms. The molecule has 1 fully saturated rings. The summed E-state index contributed by atoms with van der Waals surface area (Å²) in [6, 6.07) is 16.3. The van der Waals surface area contributed by atoms with E-state index in [4.69, 9.17) is 14.2 Å². The van der Waals surface area contributed by atoms with Gasteiger partial charge in [0.05, 0.1) is 33.1 Å². The molecular formula is C25H27N7O3. The number of aromatic amines is 1. The van der Waals surface area contributed by atoms with Crippen molar-refractivity contribution in [2.75, 3.05) is 50.3 Å². The van der Waals surface area contributed by atoms with Gasteiger partial charge in [-0.3, -0.25) is 0 Å². The summed E-state index contributed by atoms with van der Waals surface area (Å²) in [4.78, 5) is 18.8. The largest absolute Gasteiger partial charge is 0.497 e. The van der Waals surface area contributed by atoms with Crippen LogP contribution in [-0.4, -0.2) is 66.2 Å².